The van der Waals surface area contributed by atoms with Gasteiger partial charge < -0.3 is 19.9 Å². The van der Waals surface area contributed by atoms with Crippen LogP contribution < -0.4 is 5.73 Å². The van der Waals surface area contributed by atoms with Gasteiger partial charge in [-0.15, -0.1) is 0 Å². The van der Waals surface area contributed by atoms with Crippen molar-refractivity contribution in [1.29, 1.82) is 0 Å². The number of unbranched alkanes of at least 4 members (excludes halogenated alkanes) is 1. The first kappa shape index (κ1) is 28.3. The molecule has 0 rings (SSSR count). The molecule has 0 saturated carbocycles. The number of hydrogen-bond donors (Lipinski definition) is 1. The lowest BCUT2D eigenvalue weighted by molar-refractivity contribution is -0.168. The molecule has 8 nitrogen and oxygen atoms in total. The lowest BCUT2D eigenvalue weighted by Gasteiger charge is -2.32. The van der Waals surface area contributed by atoms with Gasteiger partial charge in [0.15, 0.2) is 0 Å². The van der Waals surface area contributed by atoms with E-state index in [0.29, 0.717) is 25.8 Å². The quantitative estimate of drug-likeness (QED) is 0.320. The first-order valence-corrected chi connectivity index (χ1v) is 10.5. The summed E-state index contributed by atoms with van der Waals surface area (Å²) in [7, 11) is 0. The number of nitrogens with zero attached hydrogens (tertiary/aromatic N) is 1. The Morgan fingerprint density at radius 3 is 1.47 bits per heavy atom. The molecule has 30 heavy (non-hydrogen) atoms. The SMILES string of the molecule is CC(C)(C)OC(=O)CN(CC(=O)OC(C)(C)C)[C@@H](CCCCN)C(=O)OC(C)(C)C. The first-order valence-electron chi connectivity index (χ1n) is 10.5. The van der Waals surface area contributed by atoms with E-state index in [1.807, 2.05) is 0 Å². The van der Waals surface area contributed by atoms with Crippen molar-refractivity contribution in [1.82, 2.24) is 4.90 Å². The fourth-order valence-electron chi connectivity index (χ4n) is 2.66. The van der Waals surface area contributed by atoms with Crippen molar-refractivity contribution < 1.29 is 28.6 Å². The lowest BCUT2D eigenvalue weighted by Crippen LogP contribution is -2.50. The number of ether oxygens (including phenoxy) is 3. The summed E-state index contributed by atoms with van der Waals surface area (Å²) in [6.45, 7) is 15.9. The smallest absolute Gasteiger partial charge is 0.323 e. The molecule has 0 heterocycles. The van der Waals surface area contributed by atoms with Gasteiger partial charge in [0, 0.05) is 0 Å². The minimum atomic E-state index is -0.796. The van der Waals surface area contributed by atoms with Crippen molar-refractivity contribution in [2.75, 3.05) is 19.6 Å². The Bertz CT molecular complexity index is 540. The van der Waals surface area contributed by atoms with E-state index >= 15 is 0 Å². The second-order valence-electron chi connectivity index (χ2n) is 10.4. The molecule has 8 heteroatoms. The maximum Gasteiger partial charge on any atom is 0.323 e. The van der Waals surface area contributed by atoms with Crippen molar-refractivity contribution >= 4 is 17.9 Å². The highest BCUT2D eigenvalue weighted by atomic mass is 16.6. The van der Waals surface area contributed by atoms with Gasteiger partial charge in [0.05, 0.1) is 13.1 Å². The maximum atomic E-state index is 12.9. The van der Waals surface area contributed by atoms with Gasteiger partial charge in [0.1, 0.15) is 22.8 Å². The molecular formula is C22H42N2O6. The molecule has 1 atom stereocenters. The second kappa shape index (κ2) is 11.6. The molecule has 0 aliphatic heterocycles. The molecule has 0 unspecified atom stereocenters. The van der Waals surface area contributed by atoms with Crippen molar-refractivity contribution in [2.45, 2.75) is 104 Å². The Kier molecular flexibility index (Phi) is 11.0. The summed E-state index contributed by atoms with van der Waals surface area (Å²) in [5, 5.41) is 0. The van der Waals surface area contributed by atoms with Crippen LogP contribution >= 0.6 is 0 Å². The third-order valence-electron chi connectivity index (χ3n) is 3.56. The predicted molar refractivity (Wildman–Crippen MR) is 116 cm³/mol. The fourth-order valence-corrected chi connectivity index (χ4v) is 2.66. The fraction of sp³-hybridized carbons (Fsp3) is 0.864. The Morgan fingerprint density at radius 1 is 0.733 bits per heavy atom. The molecule has 0 aliphatic carbocycles. The van der Waals surface area contributed by atoms with Gasteiger partial charge in [0.2, 0.25) is 0 Å². The molecule has 0 bridgehead atoms. The molecule has 0 spiro atoms. The van der Waals surface area contributed by atoms with E-state index < -0.39 is 40.8 Å². The Balaban J connectivity index is 5.69. The highest BCUT2D eigenvalue weighted by Crippen LogP contribution is 2.18. The summed E-state index contributed by atoms with van der Waals surface area (Å²) in [5.41, 5.74) is 3.52. The standard InChI is InChI=1S/C22H42N2O6/c1-20(2,3)28-17(25)14-24(15-18(26)29-21(4,5)6)16(12-10-11-13-23)19(27)30-22(7,8)9/h16H,10-15,23H2,1-9H3/t16-/m0/s1. The largest absolute Gasteiger partial charge is 0.459 e. The minimum absolute atomic E-state index is 0.233. The monoisotopic (exact) mass is 430 g/mol. The zero-order valence-corrected chi connectivity index (χ0v) is 20.3. The number of rotatable bonds is 10. The summed E-state index contributed by atoms with van der Waals surface area (Å²) < 4.78 is 16.4. The van der Waals surface area contributed by atoms with Crippen molar-refractivity contribution in [2.24, 2.45) is 5.73 Å². The van der Waals surface area contributed by atoms with E-state index in [9.17, 15) is 14.4 Å². The van der Waals surface area contributed by atoms with E-state index in [1.165, 1.54) is 4.90 Å². The molecule has 0 amide bonds. The van der Waals surface area contributed by atoms with Gasteiger partial charge in [-0.2, -0.15) is 0 Å². The molecule has 0 aromatic heterocycles. The van der Waals surface area contributed by atoms with Crippen LogP contribution in [0.5, 0.6) is 0 Å². The van der Waals surface area contributed by atoms with Gasteiger partial charge >= 0.3 is 17.9 Å². The van der Waals surface area contributed by atoms with Gasteiger partial charge in [-0.3, -0.25) is 19.3 Å². The van der Waals surface area contributed by atoms with Crippen LogP contribution in [0.2, 0.25) is 0 Å². The molecule has 0 fully saturated rings. The van der Waals surface area contributed by atoms with Crippen molar-refractivity contribution in [3.05, 3.63) is 0 Å². The molecule has 0 aliphatic rings. The Hall–Kier alpha value is -1.67. The van der Waals surface area contributed by atoms with E-state index in [4.69, 9.17) is 19.9 Å². The van der Waals surface area contributed by atoms with Crippen LogP contribution in [0.15, 0.2) is 0 Å². The van der Waals surface area contributed by atoms with Crippen LogP contribution in [0, 0.1) is 0 Å². The Morgan fingerprint density at radius 2 is 1.13 bits per heavy atom. The molecule has 0 aromatic carbocycles. The summed E-state index contributed by atoms with van der Waals surface area (Å²) in [6.07, 6.45) is 1.77. The zero-order valence-electron chi connectivity index (χ0n) is 20.3. The van der Waals surface area contributed by atoms with E-state index in [0.717, 1.165) is 0 Å². The van der Waals surface area contributed by atoms with Gasteiger partial charge in [-0.25, -0.2) is 0 Å². The van der Waals surface area contributed by atoms with Gasteiger partial charge in [-0.05, 0) is 81.7 Å². The topological polar surface area (TPSA) is 108 Å². The van der Waals surface area contributed by atoms with Crippen LogP contribution in [0.3, 0.4) is 0 Å². The average molecular weight is 431 g/mol. The van der Waals surface area contributed by atoms with Crippen molar-refractivity contribution in [3.63, 3.8) is 0 Å². The van der Waals surface area contributed by atoms with E-state index in [2.05, 4.69) is 0 Å². The van der Waals surface area contributed by atoms with Gasteiger partial charge in [-0.1, -0.05) is 6.42 Å². The third kappa shape index (κ3) is 14.3. The number of nitrogens with two attached hydrogens (primary N) is 1. The molecule has 0 aromatic rings. The maximum absolute atomic E-state index is 12.9. The summed E-state index contributed by atoms with van der Waals surface area (Å²) in [5.74, 6) is -1.55. The first-order chi connectivity index (χ1) is 13.4. The summed E-state index contributed by atoms with van der Waals surface area (Å²) in [4.78, 5) is 39.4. The highest BCUT2D eigenvalue weighted by Gasteiger charge is 2.34. The summed E-state index contributed by atoms with van der Waals surface area (Å²) in [6, 6.07) is -0.796. The molecule has 0 saturated heterocycles. The minimum Gasteiger partial charge on any atom is -0.459 e. The molecular weight excluding hydrogens is 388 g/mol. The van der Waals surface area contributed by atoms with Crippen LogP contribution in [-0.2, 0) is 28.6 Å². The predicted octanol–water partition coefficient (Wildman–Crippen LogP) is 2.81. The normalized spacial score (nSPS) is 13.7. The zero-order chi connectivity index (χ0) is 23.8. The van der Waals surface area contributed by atoms with Crippen LogP contribution in [-0.4, -0.2) is 65.3 Å². The molecule has 176 valence electrons. The van der Waals surface area contributed by atoms with E-state index in [-0.39, 0.29) is 13.1 Å². The van der Waals surface area contributed by atoms with Gasteiger partial charge in [0.25, 0.3) is 0 Å². The summed E-state index contributed by atoms with van der Waals surface area (Å²) >= 11 is 0. The number of hydrogen-bond acceptors (Lipinski definition) is 8. The van der Waals surface area contributed by atoms with Crippen LogP contribution in [0.25, 0.3) is 0 Å². The lowest BCUT2D eigenvalue weighted by atomic mass is 10.1. The number of carbonyl (C=O) groups excluding carboxylic acids is 3. The average Bonchev–Trinajstić information content (AvgIpc) is 2.45. The van der Waals surface area contributed by atoms with E-state index in [1.54, 1.807) is 62.3 Å². The Labute approximate surface area is 181 Å². The van der Waals surface area contributed by atoms with Crippen LogP contribution in [0.4, 0.5) is 0 Å². The number of esters is 3. The van der Waals surface area contributed by atoms with Crippen LogP contribution in [0.1, 0.15) is 81.6 Å². The third-order valence-corrected chi connectivity index (χ3v) is 3.56. The highest BCUT2D eigenvalue weighted by molar-refractivity contribution is 5.80. The van der Waals surface area contributed by atoms with Crippen molar-refractivity contribution in [3.8, 4) is 0 Å². The molecule has 0 radical (unpaired) electrons. The number of carbonyl (C=O) groups is 3. The molecule has 2 N–H and O–H groups in total. The second-order valence-corrected chi connectivity index (χ2v) is 10.4.